The molecular formula is C27H37FN4O5S. The summed E-state index contributed by atoms with van der Waals surface area (Å²) in [6.07, 6.45) is 5.02. The van der Waals surface area contributed by atoms with Crippen LogP contribution in [0, 0.1) is 5.82 Å². The number of halogens is 1. The molecule has 1 aliphatic carbocycles. The third kappa shape index (κ3) is 7.44. The SMILES string of the molecule is COc1ccc(CN(C(=O)CN(c2ccc(F)cc2)S(=O)(=O)N(C)C)C(C)C(=O)NC2CCCCC2)cc1. The van der Waals surface area contributed by atoms with E-state index in [1.807, 2.05) is 0 Å². The van der Waals surface area contributed by atoms with Crippen LogP contribution in [0.15, 0.2) is 48.5 Å². The molecule has 1 fully saturated rings. The van der Waals surface area contributed by atoms with Gasteiger partial charge in [-0.2, -0.15) is 12.7 Å². The van der Waals surface area contributed by atoms with E-state index in [0.717, 1.165) is 58.4 Å². The monoisotopic (exact) mass is 548 g/mol. The molecule has 0 heterocycles. The van der Waals surface area contributed by atoms with Gasteiger partial charge in [-0.1, -0.05) is 31.4 Å². The lowest BCUT2D eigenvalue weighted by atomic mass is 9.95. The molecule has 0 radical (unpaired) electrons. The molecule has 1 N–H and O–H groups in total. The second kappa shape index (κ2) is 13.1. The molecule has 0 bridgehead atoms. The predicted octanol–water partition coefficient (Wildman–Crippen LogP) is 3.31. The first-order valence-electron chi connectivity index (χ1n) is 12.7. The van der Waals surface area contributed by atoms with Crippen molar-refractivity contribution < 1.29 is 27.1 Å². The lowest BCUT2D eigenvalue weighted by Gasteiger charge is -2.34. The quantitative estimate of drug-likeness (QED) is 0.465. The van der Waals surface area contributed by atoms with Crippen LogP contribution >= 0.6 is 0 Å². The Morgan fingerprint density at radius 2 is 1.63 bits per heavy atom. The fourth-order valence-corrected chi connectivity index (χ4v) is 5.46. The van der Waals surface area contributed by atoms with E-state index < -0.39 is 34.5 Å². The molecule has 208 valence electrons. The minimum Gasteiger partial charge on any atom is -0.497 e. The van der Waals surface area contributed by atoms with Gasteiger partial charge in [-0.3, -0.25) is 9.59 Å². The van der Waals surface area contributed by atoms with Gasteiger partial charge < -0.3 is 15.0 Å². The number of methoxy groups -OCH3 is 1. The Morgan fingerprint density at radius 3 is 2.18 bits per heavy atom. The Labute approximate surface area is 224 Å². The minimum absolute atomic E-state index is 0.0569. The predicted molar refractivity (Wildman–Crippen MR) is 144 cm³/mol. The second-order valence-electron chi connectivity index (χ2n) is 9.66. The summed E-state index contributed by atoms with van der Waals surface area (Å²) in [4.78, 5) is 28.4. The number of nitrogens with one attached hydrogen (secondary N) is 1. The number of carbonyl (C=O) groups is 2. The van der Waals surface area contributed by atoms with Gasteiger partial charge in [0, 0.05) is 26.7 Å². The standard InChI is InChI=1S/C27H37FN4O5S/c1-20(27(34)29-23-8-6-5-7-9-23)31(18-21-10-16-25(37-4)17-11-21)26(33)19-32(38(35,36)30(2)3)24-14-12-22(28)13-15-24/h10-17,20,23H,5-9,18-19H2,1-4H3,(H,29,34). The van der Waals surface area contributed by atoms with Crippen molar-refractivity contribution in [2.45, 2.75) is 57.7 Å². The van der Waals surface area contributed by atoms with Gasteiger partial charge in [0.25, 0.3) is 0 Å². The summed E-state index contributed by atoms with van der Waals surface area (Å²) in [5, 5.41) is 3.06. The zero-order valence-corrected chi connectivity index (χ0v) is 23.2. The molecule has 1 atom stereocenters. The Kier molecular flexibility index (Phi) is 10.1. The molecule has 2 aromatic rings. The van der Waals surface area contributed by atoms with Crippen LogP contribution in [0.2, 0.25) is 0 Å². The summed E-state index contributed by atoms with van der Waals surface area (Å²) in [5.41, 5.74) is 0.887. The van der Waals surface area contributed by atoms with Gasteiger partial charge in [-0.15, -0.1) is 0 Å². The number of ether oxygens (including phenoxy) is 1. The lowest BCUT2D eigenvalue weighted by molar-refractivity contribution is -0.139. The van der Waals surface area contributed by atoms with Crippen LogP contribution in [-0.2, 0) is 26.3 Å². The summed E-state index contributed by atoms with van der Waals surface area (Å²) >= 11 is 0. The Morgan fingerprint density at radius 1 is 1.03 bits per heavy atom. The lowest BCUT2D eigenvalue weighted by Crippen LogP contribution is -2.53. The maximum Gasteiger partial charge on any atom is 0.304 e. The molecule has 0 aliphatic heterocycles. The number of hydrogen-bond donors (Lipinski definition) is 1. The van der Waals surface area contributed by atoms with Crippen molar-refractivity contribution >= 4 is 27.7 Å². The largest absolute Gasteiger partial charge is 0.497 e. The average molecular weight is 549 g/mol. The van der Waals surface area contributed by atoms with E-state index in [2.05, 4.69) is 5.32 Å². The molecular weight excluding hydrogens is 511 g/mol. The van der Waals surface area contributed by atoms with Crippen molar-refractivity contribution in [1.29, 1.82) is 0 Å². The van der Waals surface area contributed by atoms with Crippen molar-refractivity contribution in [2.75, 3.05) is 32.1 Å². The second-order valence-corrected chi connectivity index (χ2v) is 11.7. The number of amides is 2. The van der Waals surface area contributed by atoms with Crippen LogP contribution in [0.1, 0.15) is 44.6 Å². The topological polar surface area (TPSA) is 99.3 Å². The molecule has 0 spiro atoms. The number of benzene rings is 2. The van der Waals surface area contributed by atoms with E-state index in [1.165, 1.54) is 31.1 Å². The first kappa shape index (κ1) is 29.4. The molecule has 38 heavy (non-hydrogen) atoms. The molecule has 0 saturated heterocycles. The highest BCUT2D eigenvalue weighted by Crippen LogP contribution is 2.22. The van der Waals surface area contributed by atoms with Crippen LogP contribution in [0.25, 0.3) is 0 Å². The first-order chi connectivity index (χ1) is 18.0. The summed E-state index contributed by atoms with van der Waals surface area (Å²) in [6, 6.07) is 11.2. The minimum atomic E-state index is -4.10. The van der Waals surface area contributed by atoms with Crippen molar-refractivity contribution in [3.05, 3.63) is 59.9 Å². The fourth-order valence-electron chi connectivity index (χ4n) is 4.40. The highest BCUT2D eigenvalue weighted by molar-refractivity contribution is 7.90. The van der Waals surface area contributed by atoms with Gasteiger partial charge in [-0.05, 0) is 61.7 Å². The van der Waals surface area contributed by atoms with E-state index in [9.17, 15) is 22.4 Å². The Bertz CT molecular complexity index is 1180. The van der Waals surface area contributed by atoms with E-state index in [0.29, 0.717) is 5.75 Å². The molecule has 9 nitrogen and oxygen atoms in total. The summed E-state index contributed by atoms with van der Waals surface area (Å²) < 4.78 is 47.0. The van der Waals surface area contributed by atoms with Gasteiger partial charge in [0.05, 0.1) is 12.8 Å². The van der Waals surface area contributed by atoms with Crippen LogP contribution in [0.3, 0.4) is 0 Å². The summed E-state index contributed by atoms with van der Waals surface area (Å²) in [6.45, 7) is 1.16. The fraction of sp³-hybridized carbons (Fsp3) is 0.481. The summed E-state index contributed by atoms with van der Waals surface area (Å²) in [7, 11) is 0.155. The normalized spacial score (nSPS) is 15.1. The number of carbonyl (C=O) groups excluding carboxylic acids is 2. The van der Waals surface area contributed by atoms with Gasteiger partial charge in [0.1, 0.15) is 24.2 Å². The third-order valence-corrected chi connectivity index (χ3v) is 8.58. The van der Waals surface area contributed by atoms with Crippen LogP contribution in [0.4, 0.5) is 10.1 Å². The highest BCUT2D eigenvalue weighted by atomic mass is 32.2. The van der Waals surface area contributed by atoms with E-state index in [4.69, 9.17) is 4.74 Å². The van der Waals surface area contributed by atoms with Crippen LogP contribution in [-0.4, -0.2) is 69.3 Å². The molecule has 3 rings (SSSR count). The molecule has 11 heteroatoms. The van der Waals surface area contributed by atoms with Gasteiger partial charge in [0.15, 0.2) is 0 Å². The number of nitrogens with zero attached hydrogens (tertiary/aromatic N) is 3. The summed E-state index contributed by atoms with van der Waals surface area (Å²) in [5.74, 6) is -0.741. The van der Waals surface area contributed by atoms with Crippen LogP contribution in [0.5, 0.6) is 5.75 Å². The van der Waals surface area contributed by atoms with Crippen molar-refractivity contribution in [3.63, 3.8) is 0 Å². The van der Waals surface area contributed by atoms with E-state index in [-0.39, 0.29) is 24.2 Å². The number of rotatable bonds is 11. The van der Waals surface area contributed by atoms with Crippen molar-refractivity contribution in [1.82, 2.24) is 14.5 Å². The number of hydrogen-bond acceptors (Lipinski definition) is 5. The van der Waals surface area contributed by atoms with Gasteiger partial charge >= 0.3 is 10.2 Å². The molecule has 2 aromatic carbocycles. The third-order valence-electron chi connectivity index (χ3n) is 6.76. The maximum atomic E-state index is 13.8. The molecule has 2 amide bonds. The molecule has 0 aromatic heterocycles. The maximum absolute atomic E-state index is 13.8. The Balaban J connectivity index is 1.90. The molecule has 1 unspecified atom stereocenters. The highest BCUT2D eigenvalue weighted by Gasteiger charge is 2.33. The Hall–Kier alpha value is -3.18. The first-order valence-corrected chi connectivity index (χ1v) is 14.1. The van der Waals surface area contributed by atoms with Crippen LogP contribution < -0.4 is 14.4 Å². The zero-order chi connectivity index (χ0) is 27.9. The zero-order valence-electron chi connectivity index (χ0n) is 22.4. The number of anilines is 1. The van der Waals surface area contributed by atoms with E-state index in [1.54, 1.807) is 38.3 Å². The molecule has 1 saturated carbocycles. The van der Waals surface area contributed by atoms with Crippen molar-refractivity contribution in [3.8, 4) is 5.75 Å². The van der Waals surface area contributed by atoms with Gasteiger partial charge in [-0.25, -0.2) is 8.70 Å². The molecule has 1 aliphatic rings. The average Bonchev–Trinajstić information content (AvgIpc) is 2.91. The smallest absolute Gasteiger partial charge is 0.304 e. The van der Waals surface area contributed by atoms with E-state index >= 15 is 0 Å². The van der Waals surface area contributed by atoms with Crippen molar-refractivity contribution in [2.24, 2.45) is 0 Å². The van der Waals surface area contributed by atoms with Gasteiger partial charge in [0.2, 0.25) is 11.8 Å².